The number of rotatable bonds is 13. The highest BCUT2D eigenvalue weighted by molar-refractivity contribution is 6.29. The van der Waals surface area contributed by atoms with Crippen molar-refractivity contribution in [2.45, 2.75) is 67.5 Å². The van der Waals surface area contributed by atoms with Gasteiger partial charge in [0.2, 0.25) is 22.9 Å². The number of anilines is 2. The molecule has 3 aliphatic rings. The lowest BCUT2D eigenvalue weighted by Crippen LogP contribution is -2.36. The summed E-state index contributed by atoms with van der Waals surface area (Å²) in [7, 11) is 0. The molecule has 0 spiro atoms. The number of carbonyl (C=O) groups excluding carboxylic acids is 4. The normalized spacial score (nSPS) is 15.9. The largest absolute Gasteiger partial charge is 0.459 e. The minimum atomic E-state index is -1.22. The molecule has 8 rings (SSSR count). The van der Waals surface area contributed by atoms with Gasteiger partial charge < -0.3 is 35.4 Å². The second-order valence-corrected chi connectivity index (χ2v) is 16.4. The van der Waals surface area contributed by atoms with Crippen LogP contribution in [0.1, 0.15) is 79.0 Å². The fraction of sp³-hybridized carbons (Fsp3) is 0.260. The van der Waals surface area contributed by atoms with E-state index < -0.39 is 23.7 Å². The van der Waals surface area contributed by atoms with Gasteiger partial charge in [-0.1, -0.05) is 24.3 Å². The highest BCUT2D eigenvalue weighted by Crippen LogP contribution is 2.38. The summed E-state index contributed by atoms with van der Waals surface area (Å²) >= 11 is 5.82. The van der Waals surface area contributed by atoms with E-state index in [9.17, 15) is 28.7 Å². The zero-order valence-electron chi connectivity index (χ0n) is 39.4. The van der Waals surface area contributed by atoms with Crippen molar-refractivity contribution >= 4 is 57.9 Å². The third-order valence-corrected chi connectivity index (χ3v) is 11.4. The number of aromatic nitrogens is 6. The summed E-state index contributed by atoms with van der Waals surface area (Å²) in [5.74, 6) is 0.720. The Bertz CT molecular complexity index is 3060. The van der Waals surface area contributed by atoms with Crippen LogP contribution in [-0.2, 0) is 16.1 Å². The molecule has 0 saturated carbocycles. The second-order valence-electron chi connectivity index (χ2n) is 16.1. The van der Waals surface area contributed by atoms with Crippen molar-refractivity contribution in [2.24, 2.45) is 10.7 Å². The Morgan fingerprint density at radius 1 is 0.857 bits per heavy atom. The monoisotopic (exact) mass is 969 g/mol. The van der Waals surface area contributed by atoms with Crippen LogP contribution in [0.5, 0.6) is 17.5 Å². The van der Waals surface area contributed by atoms with Crippen LogP contribution < -0.4 is 30.3 Å². The van der Waals surface area contributed by atoms with Crippen LogP contribution in [0.4, 0.5) is 21.7 Å². The molecule has 2 aromatic heterocycles. The molecule has 1 amide bonds. The molecular formula is C50H49ClFN11O7. The number of halogens is 2. The number of nitrogens with two attached hydrogens (primary N) is 1. The average Bonchev–Trinajstić information content (AvgIpc) is 3.31. The Balaban J connectivity index is 0.000000206. The molecule has 2 heterocycles. The number of amides is 1. The molecule has 0 aliphatic heterocycles. The zero-order chi connectivity index (χ0) is 50.4. The first-order valence-corrected chi connectivity index (χ1v) is 22.6. The number of ketones is 3. The number of ether oxygens (including phenoxy) is 2. The number of hydrogen-bond acceptors (Lipinski definition) is 17. The number of aliphatic imine (C=N–C) groups is 1. The van der Waals surface area contributed by atoms with Crippen molar-refractivity contribution in [1.29, 1.82) is 0 Å². The van der Waals surface area contributed by atoms with E-state index in [0.717, 1.165) is 16.9 Å². The lowest BCUT2D eigenvalue weighted by atomic mass is 9.77. The smallest absolute Gasteiger partial charge is 0.326 e. The minimum Gasteiger partial charge on any atom is -0.459 e. The number of carbonyl (C=O) groups is 4. The summed E-state index contributed by atoms with van der Waals surface area (Å²) in [6.45, 7) is 15.0. The zero-order valence-corrected chi connectivity index (χ0v) is 40.1. The maximum Gasteiger partial charge on any atom is 0.326 e. The lowest BCUT2D eigenvalue weighted by molar-refractivity contribution is -0.120. The maximum atomic E-state index is 14.1. The van der Waals surface area contributed by atoms with Crippen LogP contribution in [0.25, 0.3) is 0 Å². The number of aliphatic hydroxyl groups is 1. The second kappa shape index (κ2) is 21.5. The number of nitrogens with one attached hydrogen (secondary N) is 1. The number of hydrogen-bond donors (Lipinski definition) is 3. The Kier molecular flexibility index (Phi) is 15.3. The molecule has 3 aromatic carbocycles. The number of allylic oxidation sites excluding steroid dienone is 4. The fourth-order valence-electron chi connectivity index (χ4n) is 7.72. The predicted molar refractivity (Wildman–Crippen MR) is 260 cm³/mol. The van der Waals surface area contributed by atoms with Gasteiger partial charge in [-0.05, 0) is 119 Å². The SMILES string of the molecule is CCN(Cc1nc(F)nc(N(CC)CC)n1)c1ccc(N=C2C=C(NC(C)=O)C(=O)C=C2C)c(C)c1.Cc1nc(Cl)nc(Oc2ccc(OC3=C(N)C4=C(C(=O)c5ccccc5C4=O)C(O)C3)cc2)n1. The standard InChI is InChI=1S/C26H32FN7O2.C24H17ClN4O5/c1-7-33(8-2)26-31-24(30-25(27)32-26)15-34(9-3)19-10-11-20(16(4)12-19)29-21-14-22(28-18(6)35)23(36)13-17(21)5;1-11-27-23(25)29-24(28-11)34-13-8-6-12(7-9-13)33-17-10-16(30)18-19(20(17)26)22(32)15-5-3-2-4-14(15)21(18)31/h10-14H,7-9,15H2,1-6H3,(H,28,35);2-9,16,30H,10,26H2,1H3. The number of aryl methyl sites for hydroxylation is 2. The molecule has 0 saturated heterocycles. The molecule has 0 radical (unpaired) electrons. The summed E-state index contributed by atoms with van der Waals surface area (Å²) in [4.78, 5) is 82.3. The Morgan fingerprint density at radius 2 is 1.51 bits per heavy atom. The van der Waals surface area contributed by atoms with Gasteiger partial charge in [0.05, 0.1) is 41.0 Å². The Labute approximate surface area is 407 Å². The fourth-order valence-corrected chi connectivity index (χ4v) is 7.92. The van der Waals surface area contributed by atoms with E-state index in [-0.39, 0.29) is 68.8 Å². The first-order valence-electron chi connectivity index (χ1n) is 22.2. The first-order chi connectivity index (χ1) is 33.5. The number of fused-ring (bicyclic) bond motifs is 1. The minimum absolute atomic E-state index is 0.00334. The topological polar surface area (TPSA) is 241 Å². The molecule has 70 heavy (non-hydrogen) atoms. The van der Waals surface area contributed by atoms with E-state index in [1.165, 1.54) is 13.0 Å². The average molecular weight is 970 g/mol. The van der Waals surface area contributed by atoms with E-state index >= 15 is 0 Å². The molecule has 5 aromatic rings. The summed E-state index contributed by atoms with van der Waals surface area (Å²) in [6, 6.07) is 18.8. The van der Waals surface area contributed by atoms with Gasteiger partial charge in [-0.25, -0.2) is 9.98 Å². The van der Waals surface area contributed by atoms with Crippen molar-refractivity contribution in [1.82, 2.24) is 35.2 Å². The van der Waals surface area contributed by atoms with Crippen molar-refractivity contribution in [3.63, 3.8) is 0 Å². The number of aliphatic hydroxyl groups excluding tert-OH is 1. The van der Waals surface area contributed by atoms with E-state index in [2.05, 4.69) is 35.2 Å². The van der Waals surface area contributed by atoms with Gasteiger partial charge in [0.25, 0.3) is 0 Å². The summed E-state index contributed by atoms with van der Waals surface area (Å²) < 4.78 is 25.6. The van der Waals surface area contributed by atoms with Crippen LogP contribution in [0, 0.1) is 19.9 Å². The summed E-state index contributed by atoms with van der Waals surface area (Å²) in [5.41, 5.74) is 10.9. The van der Waals surface area contributed by atoms with Crippen molar-refractivity contribution in [2.75, 3.05) is 29.4 Å². The third-order valence-electron chi connectivity index (χ3n) is 11.2. The van der Waals surface area contributed by atoms with Crippen LogP contribution in [0.3, 0.4) is 0 Å². The van der Waals surface area contributed by atoms with Crippen LogP contribution >= 0.6 is 11.6 Å². The quantitative estimate of drug-likeness (QED) is 0.0994. The molecule has 18 nitrogen and oxygen atoms in total. The van der Waals surface area contributed by atoms with Gasteiger partial charge in [-0.15, -0.1) is 0 Å². The highest BCUT2D eigenvalue weighted by atomic mass is 35.5. The van der Waals surface area contributed by atoms with Crippen LogP contribution in [0.2, 0.25) is 5.28 Å². The molecule has 1 unspecified atom stereocenters. The van der Waals surface area contributed by atoms with Gasteiger partial charge in [0.1, 0.15) is 23.1 Å². The van der Waals surface area contributed by atoms with Gasteiger partial charge in [-0.2, -0.15) is 29.3 Å². The van der Waals surface area contributed by atoms with Crippen molar-refractivity contribution in [3.05, 3.63) is 152 Å². The van der Waals surface area contributed by atoms with Gasteiger partial charge in [0.15, 0.2) is 17.4 Å². The molecule has 360 valence electrons. The van der Waals surface area contributed by atoms with E-state index in [1.807, 2.05) is 55.7 Å². The van der Waals surface area contributed by atoms with Gasteiger partial charge in [0, 0.05) is 55.4 Å². The molecule has 3 aliphatic carbocycles. The first kappa shape index (κ1) is 49.9. The number of benzene rings is 3. The Morgan fingerprint density at radius 3 is 2.14 bits per heavy atom. The molecule has 20 heteroatoms. The van der Waals surface area contributed by atoms with E-state index in [4.69, 9.17) is 31.8 Å². The third kappa shape index (κ3) is 11.3. The molecule has 0 bridgehead atoms. The lowest BCUT2D eigenvalue weighted by Gasteiger charge is -2.30. The van der Waals surface area contributed by atoms with Crippen LogP contribution in [-0.4, -0.2) is 89.7 Å². The summed E-state index contributed by atoms with van der Waals surface area (Å²) in [5, 5.41) is 13.3. The van der Waals surface area contributed by atoms with Crippen molar-refractivity contribution in [3.8, 4) is 17.5 Å². The Hall–Kier alpha value is -8.03. The summed E-state index contributed by atoms with van der Waals surface area (Å²) in [6.07, 6.45) is 0.996. The van der Waals surface area contributed by atoms with E-state index in [0.29, 0.717) is 66.6 Å². The van der Waals surface area contributed by atoms with Crippen molar-refractivity contribution < 1.29 is 38.1 Å². The maximum absolute atomic E-state index is 14.1. The van der Waals surface area contributed by atoms with Crippen LogP contribution in [0.15, 0.2) is 118 Å². The number of nitrogens with zero attached hydrogens (tertiary/aromatic N) is 9. The van der Waals surface area contributed by atoms with Gasteiger partial charge >= 0.3 is 12.1 Å². The molecule has 4 N–H and O–H groups in total. The predicted octanol–water partition coefficient (Wildman–Crippen LogP) is 7.13. The molecule has 1 atom stereocenters. The highest BCUT2D eigenvalue weighted by Gasteiger charge is 2.41. The van der Waals surface area contributed by atoms with Gasteiger partial charge in [-0.3, -0.25) is 19.2 Å². The molecular weight excluding hydrogens is 921 g/mol. The van der Waals surface area contributed by atoms with E-state index in [1.54, 1.807) is 68.5 Å². The number of Topliss-reactive ketones (excluding diaryl/α,β-unsaturated/α-hetero) is 2. The molecule has 0 fully saturated rings.